The Labute approximate surface area is 198 Å². The number of ether oxygens (including phenoxy) is 1. The molecule has 1 aromatic heterocycles. The molecule has 0 bridgehead atoms. The van der Waals surface area contributed by atoms with Crippen LogP contribution < -0.4 is 15.8 Å². The number of aliphatic carboxylic acids is 1. The number of piperidine rings is 1. The predicted octanol–water partition coefficient (Wildman–Crippen LogP) is 1.39. The van der Waals surface area contributed by atoms with Crippen LogP contribution in [0.5, 0.6) is 5.88 Å². The number of alkyl halides is 4. The Morgan fingerprint density at radius 2 is 1.89 bits per heavy atom. The van der Waals surface area contributed by atoms with E-state index in [0.717, 1.165) is 0 Å². The highest BCUT2D eigenvalue weighted by Gasteiger charge is 2.38. The van der Waals surface area contributed by atoms with Gasteiger partial charge in [-0.15, -0.1) is 0 Å². The van der Waals surface area contributed by atoms with E-state index in [1.165, 1.54) is 22.6 Å². The minimum Gasteiger partial charge on any atom is -0.475 e. The average Bonchev–Trinajstić information content (AvgIpc) is 2.83. The molecule has 4 N–H and O–H groups in total. The number of amides is 1. The van der Waals surface area contributed by atoms with Crippen molar-refractivity contribution in [1.29, 1.82) is 0 Å². The lowest BCUT2D eigenvalue weighted by Crippen LogP contribution is -2.43. The van der Waals surface area contributed by atoms with Crippen molar-refractivity contribution in [2.45, 2.75) is 23.9 Å². The quantitative estimate of drug-likeness (QED) is 0.404. The zero-order valence-electron chi connectivity index (χ0n) is 18.3. The van der Waals surface area contributed by atoms with Crippen LogP contribution >= 0.6 is 0 Å². The maximum Gasteiger partial charge on any atom is 0.490 e. The van der Waals surface area contributed by atoms with E-state index in [1.54, 1.807) is 0 Å². The molecular formula is C19H25F5N4O6S. The molecule has 1 aromatic rings. The normalized spacial score (nSPS) is 15.7. The van der Waals surface area contributed by atoms with E-state index in [9.17, 15) is 35.2 Å². The number of nitrogens with one attached hydrogen (secondary N) is 1. The number of halogens is 5. The molecular weight excluding hydrogens is 507 g/mol. The van der Waals surface area contributed by atoms with Gasteiger partial charge in [0.1, 0.15) is 18.2 Å². The second-order valence-corrected chi connectivity index (χ2v) is 8.99. The number of carbonyl (C=O) groups excluding carboxylic acids is 1. The molecule has 0 atom stereocenters. The molecule has 0 spiro atoms. The first-order chi connectivity index (χ1) is 16.4. The van der Waals surface area contributed by atoms with Crippen LogP contribution in [0.3, 0.4) is 0 Å². The van der Waals surface area contributed by atoms with Crippen LogP contribution in [0.25, 0.3) is 0 Å². The summed E-state index contributed by atoms with van der Waals surface area (Å²) < 4.78 is 88.3. The minimum absolute atomic E-state index is 0.000243. The summed E-state index contributed by atoms with van der Waals surface area (Å²) in [5.74, 6) is -3.19. The van der Waals surface area contributed by atoms with Crippen molar-refractivity contribution in [1.82, 2.24) is 14.6 Å². The number of carboxylic acid groups (broad SMARTS) is 1. The fraction of sp³-hybridized carbons (Fsp3) is 0.526. The standard InChI is InChI=1S/C17H24F2N4O4S.C2HF3O2/c18-5-6-21-17(24)14-3-7-23(8-4-14)28(25,26)15-1-2-16(22-11-15)27-12-13(9-19)10-20;3-2(4,5)1(6)7/h1-2,9,11,14H,3-8,10,12,20H2,(H,21,24);(H,6,7)/b13-9+;. The first-order valence-corrected chi connectivity index (χ1v) is 11.5. The Kier molecular flexibility index (Phi) is 12.0. The van der Waals surface area contributed by atoms with E-state index >= 15 is 0 Å². The van der Waals surface area contributed by atoms with Crippen molar-refractivity contribution in [2.75, 3.05) is 39.5 Å². The van der Waals surface area contributed by atoms with Crippen LogP contribution in [-0.2, 0) is 19.6 Å². The van der Waals surface area contributed by atoms with E-state index in [4.69, 9.17) is 20.4 Å². The molecule has 1 aliphatic heterocycles. The summed E-state index contributed by atoms with van der Waals surface area (Å²) in [4.78, 5) is 24.7. The molecule has 35 heavy (non-hydrogen) atoms. The van der Waals surface area contributed by atoms with E-state index in [-0.39, 0.29) is 61.0 Å². The van der Waals surface area contributed by atoms with Gasteiger partial charge >= 0.3 is 12.1 Å². The smallest absolute Gasteiger partial charge is 0.475 e. The summed E-state index contributed by atoms with van der Waals surface area (Å²) in [6, 6.07) is 2.75. The lowest BCUT2D eigenvalue weighted by molar-refractivity contribution is -0.192. The SMILES string of the molecule is NC/C(=C\F)COc1ccc(S(=O)(=O)N2CCC(C(=O)NCCF)CC2)cn1.O=C(O)C(F)(F)F. The molecule has 1 saturated heterocycles. The summed E-state index contributed by atoms with van der Waals surface area (Å²) in [6.45, 7) is -0.367. The zero-order valence-corrected chi connectivity index (χ0v) is 19.1. The van der Waals surface area contributed by atoms with Crippen LogP contribution in [0.15, 0.2) is 35.1 Å². The van der Waals surface area contributed by atoms with Gasteiger partial charge in [0.05, 0.1) is 12.5 Å². The third-order valence-electron chi connectivity index (χ3n) is 4.63. The highest BCUT2D eigenvalue weighted by Crippen LogP contribution is 2.24. The number of pyridine rings is 1. The average molecular weight is 532 g/mol. The number of hydrogen-bond donors (Lipinski definition) is 3. The summed E-state index contributed by atoms with van der Waals surface area (Å²) in [6.07, 6.45) is -2.82. The molecule has 16 heteroatoms. The van der Waals surface area contributed by atoms with Crippen LogP contribution in [0.1, 0.15) is 12.8 Å². The molecule has 0 unspecified atom stereocenters. The van der Waals surface area contributed by atoms with E-state index < -0.39 is 28.8 Å². The maximum atomic E-state index is 12.7. The van der Waals surface area contributed by atoms with Gasteiger partial charge in [-0.05, 0) is 18.9 Å². The first kappa shape index (κ1) is 30.2. The second kappa shape index (κ2) is 13.9. The highest BCUT2D eigenvalue weighted by atomic mass is 32.2. The first-order valence-electron chi connectivity index (χ1n) is 10.1. The predicted molar refractivity (Wildman–Crippen MR) is 112 cm³/mol. The third-order valence-corrected chi connectivity index (χ3v) is 6.51. The lowest BCUT2D eigenvalue weighted by Gasteiger charge is -2.30. The van der Waals surface area contributed by atoms with Crippen molar-refractivity contribution < 1.29 is 49.8 Å². The Balaban J connectivity index is 0.000000762. The molecule has 0 aromatic carbocycles. The molecule has 10 nitrogen and oxygen atoms in total. The van der Waals surface area contributed by atoms with Crippen molar-refractivity contribution in [3.05, 3.63) is 30.2 Å². The van der Waals surface area contributed by atoms with Crippen molar-refractivity contribution in [3.8, 4) is 5.88 Å². The lowest BCUT2D eigenvalue weighted by atomic mass is 9.97. The third kappa shape index (κ3) is 9.73. The van der Waals surface area contributed by atoms with Gasteiger partial charge in [-0.3, -0.25) is 4.79 Å². The maximum absolute atomic E-state index is 12.7. The molecule has 2 heterocycles. The number of nitrogens with two attached hydrogens (primary N) is 1. The monoisotopic (exact) mass is 532 g/mol. The van der Waals surface area contributed by atoms with E-state index in [2.05, 4.69) is 10.3 Å². The van der Waals surface area contributed by atoms with Crippen molar-refractivity contribution in [3.63, 3.8) is 0 Å². The largest absolute Gasteiger partial charge is 0.490 e. The molecule has 1 amide bonds. The molecule has 1 fully saturated rings. The van der Waals surface area contributed by atoms with Gasteiger partial charge in [0.2, 0.25) is 21.8 Å². The molecule has 2 rings (SSSR count). The van der Waals surface area contributed by atoms with Crippen LogP contribution in [-0.4, -0.2) is 80.3 Å². The van der Waals surface area contributed by atoms with Gasteiger partial charge in [0, 0.05) is 43.7 Å². The molecule has 1 aliphatic rings. The second-order valence-electron chi connectivity index (χ2n) is 7.05. The number of sulfonamides is 1. The minimum atomic E-state index is -5.08. The molecule has 0 saturated carbocycles. The number of aromatic nitrogens is 1. The Hall–Kier alpha value is -2.85. The number of rotatable bonds is 9. The summed E-state index contributed by atoms with van der Waals surface area (Å²) in [5.41, 5.74) is 5.58. The fourth-order valence-electron chi connectivity index (χ4n) is 2.73. The fourth-order valence-corrected chi connectivity index (χ4v) is 4.14. The van der Waals surface area contributed by atoms with Crippen LogP contribution in [0, 0.1) is 5.92 Å². The van der Waals surface area contributed by atoms with Gasteiger partial charge in [-0.1, -0.05) is 0 Å². The summed E-state index contributed by atoms with van der Waals surface area (Å²) in [5, 5.41) is 9.61. The number of carbonyl (C=O) groups is 2. The van der Waals surface area contributed by atoms with E-state index in [1.807, 2.05) is 0 Å². The Bertz CT molecular complexity index is 965. The Morgan fingerprint density at radius 3 is 2.31 bits per heavy atom. The van der Waals surface area contributed by atoms with Gasteiger partial charge in [-0.2, -0.15) is 17.5 Å². The highest BCUT2D eigenvalue weighted by molar-refractivity contribution is 7.89. The Morgan fingerprint density at radius 1 is 1.29 bits per heavy atom. The van der Waals surface area contributed by atoms with Gasteiger partial charge in [0.15, 0.2) is 0 Å². The van der Waals surface area contributed by atoms with Crippen molar-refractivity contribution >= 4 is 21.9 Å². The van der Waals surface area contributed by atoms with E-state index in [0.29, 0.717) is 19.2 Å². The molecule has 0 aliphatic carbocycles. The number of hydrogen-bond acceptors (Lipinski definition) is 7. The molecule has 198 valence electrons. The molecule has 0 radical (unpaired) electrons. The van der Waals surface area contributed by atoms with Gasteiger partial charge in [0.25, 0.3) is 0 Å². The topological polar surface area (TPSA) is 152 Å². The van der Waals surface area contributed by atoms with Gasteiger partial charge in [-0.25, -0.2) is 27.0 Å². The van der Waals surface area contributed by atoms with Crippen molar-refractivity contribution in [2.24, 2.45) is 11.7 Å². The van der Waals surface area contributed by atoms with Crippen LogP contribution in [0.4, 0.5) is 22.0 Å². The van der Waals surface area contributed by atoms with Crippen LogP contribution in [0.2, 0.25) is 0 Å². The summed E-state index contributed by atoms with van der Waals surface area (Å²) in [7, 11) is -3.75. The number of nitrogens with zero attached hydrogens (tertiary/aromatic N) is 2. The summed E-state index contributed by atoms with van der Waals surface area (Å²) >= 11 is 0. The number of carboxylic acids is 1. The van der Waals surface area contributed by atoms with Gasteiger partial charge < -0.3 is 20.9 Å². The zero-order chi connectivity index (χ0) is 26.6.